The number of aryl methyl sites for hydroxylation is 1. The number of pyridine rings is 1. The number of hydrogen-bond acceptors (Lipinski definition) is 3. The molecule has 3 aromatic rings. The average molecular weight is 285 g/mol. The molecule has 2 aromatic heterocycles. The Morgan fingerprint density at radius 3 is 2.33 bits per heavy atom. The van der Waals surface area contributed by atoms with Gasteiger partial charge >= 0.3 is 5.69 Å². The summed E-state index contributed by atoms with van der Waals surface area (Å²) in [7, 11) is 3.02. The second-order valence-electron chi connectivity index (χ2n) is 4.77. The Kier molecular flexibility index (Phi) is 2.94. The zero-order valence-electron chi connectivity index (χ0n) is 11.5. The first kappa shape index (κ1) is 13.2. The predicted octanol–water partition coefficient (Wildman–Crippen LogP) is 1.44. The van der Waals surface area contributed by atoms with Crippen molar-refractivity contribution in [2.75, 3.05) is 0 Å². The molecule has 0 amide bonds. The minimum Gasteiger partial charge on any atom is -0.296 e. The van der Waals surface area contributed by atoms with Crippen LogP contribution in [0.4, 0.5) is 4.39 Å². The summed E-state index contributed by atoms with van der Waals surface area (Å²) in [5, 5.41) is 0.341. The van der Waals surface area contributed by atoms with Gasteiger partial charge in [-0.2, -0.15) is 0 Å². The van der Waals surface area contributed by atoms with Crippen molar-refractivity contribution in [3.05, 3.63) is 63.2 Å². The molecule has 0 aliphatic rings. The Morgan fingerprint density at radius 2 is 1.67 bits per heavy atom. The molecule has 2 heterocycles. The highest BCUT2D eigenvalue weighted by molar-refractivity contribution is 5.91. The fourth-order valence-electron chi connectivity index (χ4n) is 2.35. The molecule has 5 nitrogen and oxygen atoms in total. The third-order valence-electron chi connectivity index (χ3n) is 3.50. The molecule has 0 aliphatic carbocycles. The fraction of sp³-hybridized carbons (Fsp3) is 0.133. The van der Waals surface area contributed by atoms with E-state index in [1.54, 1.807) is 25.2 Å². The quantitative estimate of drug-likeness (QED) is 0.680. The summed E-state index contributed by atoms with van der Waals surface area (Å²) >= 11 is 0. The number of rotatable bonds is 1. The van der Waals surface area contributed by atoms with Crippen LogP contribution in [-0.2, 0) is 14.1 Å². The predicted molar refractivity (Wildman–Crippen MR) is 77.6 cm³/mol. The molecule has 0 unspecified atom stereocenters. The maximum absolute atomic E-state index is 13.0. The number of fused-ring (bicyclic) bond motifs is 1. The lowest BCUT2D eigenvalue weighted by Crippen LogP contribution is -2.37. The number of aromatic nitrogens is 3. The lowest BCUT2D eigenvalue weighted by atomic mass is 10.1. The van der Waals surface area contributed by atoms with Gasteiger partial charge in [-0.1, -0.05) is 0 Å². The van der Waals surface area contributed by atoms with E-state index in [1.165, 1.54) is 29.9 Å². The van der Waals surface area contributed by atoms with E-state index in [1.807, 2.05) is 0 Å². The van der Waals surface area contributed by atoms with Crippen LogP contribution in [-0.4, -0.2) is 14.1 Å². The SMILES string of the molecule is Cn1c(=O)c2c(-c3ccc(F)cc3)nccc2n(C)c1=O. The molecule has 0 fully saturated rings. The third kappa shape index (κ3) is 1.96. The maximum atomic E-state index is 13.0. The number of nitrogens with zero attached hydrogens (tertiary/aromatic N) is 3. The number of halogens is 1. The van der Waals surface area contributed by atoms with E-state index in [9.17, 15) is 14.0 Å². The van der Waals surface area contributed by atoms with Gasteiger partial charge in [0.15, 0.2) is 0 Å². The highest BCUT2D eigenvalue weighted by Gasteiger charge is 2.14. The average Bonchev–Trinajstić information content (AvgIpc) is 2.51. The van der Waals surface area contributed by atoms with Gasteiger partial charge in [0, 0.05) is 25.9 Å². The first-order valence-electron chi connectivity index (χ1n) is 6.31. The van der Waals surface area contributed by atoms with Crippen LogP contribution in [0, 0.1) is 5.82 Å². The highest BCUT2D eigenvalue weighted by Crippen LogP contribution is 2.23. The Hall–Kier alpha value is -2.76. The van der Waals surface area contributed by atoms with Crippen LogP contribution in [0.15, 0.2) is 46.1 Å². The molecule has 106 valence electrons. The lowest BCUT2D eigenvalue weighted by molar-refractivity contribution is 0.628. The highest BCUT2D eigenvalue weighted by atomic mass is 19.1. The van der Waals surface area contributed by atoms with Crippen LogP contribution < -0.4 is 11.2 Å². The van der Waals surface area contributed by atoms with Crippen LogP contribution in [0.5, 0.6) is 0 Å². The van der Waals surface area contributed by atoms with Crippen molar-refractivity contribution in [1.82, 2.24) is 14.1 Å². The zero-order valence-corrected chi connectivity index (χ0v) is 11.5. The van der Waals surface area contributed by atoms with Gasteiger partial charge in [0.25, 0.3) is 5.56 Å². The Bertz CT molecular complexity index is 956. The number of hydrogen-bond donors (Lipinski definition) is 0. The molecule has 0 saturated carbocycles. The van der Waals surface area contributed by atoms with Crippen LogP contribution in [0.25, 0.3) is 22.2 Å². The number of benzene rings is 1. The van der Waals surface area contributed by atoms with E-state index >= 15 is 0 Å². The van der Waals surface area contributed by atoms with E-state index < -0.39 is 11.2 Å². The van der Waals surface area contributed by atoms with Crippen LogP contribution >= 0.6 is 0 Å². The molecule has 6 heteroatoms. The largest absolute Gasteiger partial charge is 0.330 e. The van der Waals surface area contributed by atoms with Gasteiger partial charge in [-0.15, -0.1) is 0 Å². The van der Waals surface area contributed by atoms with Crippen molar-refractivity contribution in [2.45, 2.75) is 0 Å². The second kappa shape index (κ2) is 4.66. The standard InChI is InChI=1S/C15H12FN3O2/c1-18-11-7-8-17-13(9-3-5-10(16)6-4-9)12(11)14(20)19(2)15(18)21/h3-8H,1-2H3. The first-order valence-corrected chi connectivity index (χ1v) is 6.31. The molecule has 0 saturated heterocycles. The van der Waals surface area contributed by atoms with Gasteiger partial charge in [-0.3, -0.25) is 18.9 Å². The molecule has 21 heavy (non-hydrogen) atoms. The second-order valence-corrected chi connectivity index (χ2v) is 4.77. The van der Waals surface area contributed by atoms with Gasteiger partial charge in [0.05, 0.1) is 16.6 Å². The van der Waals surface area contributed by atoms with Gasteiger partial charge in [-0.25, -0.2) is 9.18 Å². The van der Waals surface area contributed by atoms with Crippen molar-refractivity contribution >= 4 is 10.9 Å². The van der Waals surface area contributed by atoms with Gasteiger partial charge in [-0.05, 0) is 30.3 Å². The molecule has 0 bridgehead atoms. The lowest BCUT2D eigenvalue weighted by Gasteiger charge is -2.10. The molecular formula is C15H12FN3O2. The molecular weight excluding hydrogens is 273 g/mol. The minimum atomic E-state index is -0.416. The topological polar surface area (TPSA) is 56.9 Å². The third-order valence-corrected chi connectivity index (χ3v) is 3.50. The van der Waals surface area contributed by atoms with Crippen LogP contribution in [0.3, 0.4) is 0 Å². The molecule has 0 radical (unpaired) electrons. The summed E-state index contributed by atoms with van der Waals surface area (Å²) in [6, 6.07) is 7.35. The van der Waals surface area contributed by atoms with Crippen LogP contribution in [0.1, 0.15) is 0 Å². The van der Waals surface area contributed by atoms with E-state index in [2.05, 4.69) is 4.98 Å². The van der Waals surface area contributed by atoms with Crippen molar-refractivity contribution in [1.29, 1.82) is 0 Å². The van der Waals surface area contributed by atoms with E-state index in [-0.39, 0.29) is 5.82 Å². The van der Waals surface area contributed by atoms with Crippen LogP contribution in [0.2, 0.25) is 0 Å². The molecule has 1 aromatic carbocycles. The normalized spacial score (nSPS) is 11.0. The van der Waals surface area contributed by atoms with Crippen molar-refractivity contribution in [2.24, 2.45) is 14.1 Å². The summed E-state index contributed by atoms with van der Waals surface area (Å²) in [5.74, 6) is -0.362. The first-order chi connectivity index (χ1) is 10.0. The monoisotopic (exact) mass is 285 g/mol. The summed E-state index contributed by atoms with van der Waals surface area (Å²) in [5.41, 5.74) is 0.739. The van der Waals surface area contributed by atoms with Crippen molar-refractivity contribution in [3.63, 3.8) is 0 Å². The van der Waals surface area contributed by atoms with Gasteiger partial charge in [0.2, 0.25) is 0 Å². The molecule has 0 spiro atoms. The van der Waals surface area contributed by atoms with Crippen molar-refractivity contribution < 1.29 is 4.39 Å². The Balaban J connectivity index is 2.48. The summed E-state index contributed by atoms with van der Waals surface area (Å²) in [4.78, 5) is 28.6. The fourth-order valence-corrected chi connectivity index (χ4v) is 2.35. The Morgan fingerprint density at radius 1 is 1.00 bits per heavy atom. The van der Waals surface area contributed by atoms with Gasteiger partial charge < -0.3 is 0 Å². The Labute approximate surface area is 118 Å². The summed E-state index contributed by atoms with van der Waals surface area (Å²) in [6.07, 6.45) is 1.53. The van der Waals surface area contributed by atoms with Crippen molar-refractivity contribution in [3.8, 4) is 11.3 Å². The zero-order chi connectivity index (χ0) is 15.1. The van der Waals surface area contributed by atoms with Gasteiger partial charge in [0.1, 0.15) is 5.82 Å². The molecule has 0 aliphatic heterocycles. The molecule has 3 rings (SSSR count). The maximum Gasteiger partial charge on any atom is 0.330 e. The van der Waals surface area contributed by atoms with E-state index in [4.69, 9.17) is 0 Å². The minimum absolute atomic E-state index is 0.341. The smallest absolute Gasteiger partial charge is 0.296 e. The summed E-state index contributed by atoms with van der Waals surface area (Å²) < 4.78 is 15.5. The molecule has 0 N–H and O–H groups in total. The van der Waals surface area contributed by atoms with E-state index in [0.717, 1.165) is 4.57 Å². The molecule has 0 atom stereocenters. The summed E-state index contributed by atoms with van der Waals surface area (Å²) in [6.45, 7) is 0. The van der Waals surface area contributed by atoms with E-state index in [0.29, 0.717) is 22.2 Å².